The molecule has 0 aromatic heterocycles. The average molecular weight is 478 g/mol. The number of hydrogen-bond acceptors (Lipinski definition) is 3. The summed E-state index contributed by atoms with van der Waals surface area (Å²) in [7, 11) is 0. The number of epoxide rings is 1. The summed E-state index contributed by atoms with van der Waals surface area (Å²) in [6.45, 7) is 0. The summed E-state index contributed by atoms with van der Waals surface area (Å²) >= 11 is 0. The number of rotatable bonds is 12. The molecule has 4 aromatic rings. The van der Waals surface area contributed by atoms with Crippen LogP contribution >= 0.6 is 0 Å². The van der Waals surface area contributed by atoms with Crippen molar-refractivity contribution in [3.8, 4) is 0 Å². The second kappa shape index (κ2) is 11.1. The molecule has 1 aliphatic rings. The predicted molar refractivity (Wildman–Crippen MR) is 142 cm³/mol. The van der Waals surface area contributed by atoms with E-state index in [1.165, 1.54) is 43.2 Å². The minimum absolute atomic E-state index is 0.516. The molecule has 0 N–H and O–H groups in total. The largest absolute Gasteiger partial charge is 0.546 e. The maximum Gasteiger partial charge on any atom is 0.163 e. The molecule has 0 bridgehead atoms. The molecule has 0 spiro atoms. The van der Waals surface area contributed by atoms with Crippen LogP contribution < -0.4 is 5.11 Å². The predicted octanol–water partition coefficient (Wildman–Crippen LogP) is 6.68. The number of benzene rings is 4. The fourth-order valence-corrected chi connectivity index (χ4v) is 5.36. The molecule has 2 atom stereocenters. The van der Waals surface area contributed by atoms with Crippen LogP contribution in [0.2, 0.25) is 0 Å². The first kappa shape index (κ1) is 24.3. The molecule has 0 radical (unpaired) electrons. The number of carboxylic acid groups (broad SMARTS) is 1. The zero-order valence-corrected chi connectivity index (χ0v) is 20.7. The summed E-state index contributed by atoms with van der Waals surface area (Å²) in [5.41, 5.74) is 2.80. The summed E-state index contributed by atoms with van der Waals surface area (Å²) in [6.07, 6.45) is 8.85. The summed E-state index contributed by atoms with van der Waals surface area (Å²) < 4.78 is 5.97. The molecular weight excluding hydrogens is 444 g/mol. The highest BCUT2D eigenvalue weighted by molar-refractivity contribution is 5.88. The van der Waals surface area contributed by atoms with E-state index in [0.29, 0.717) is 5.56 Å². The number of unbranched alkanes of at least 4 members (excludes halogenated alkanes) is 5. The lowest BCUT2D eigenvalue weighted by Crippen LogP contribution is -2.37. The fourth-order valence-electron chi connectivity index (χ4n) is 5.36. The van der Waals surface area contributed by atoms with Gasteiger partial charge in [0.25, 0.3) is 0 Å². The van der Waals surface area contributed by atoms with E-state index in [2.05, 4.69) is 36.4 Å². The normalized spacial score (nSPS) is 18.8. The van der Waals surface area contributed by atoms with Gasteiger partial charge in [-0.3, -0.25) is 0 Å². The van der Waals surface area contributed by atoms with Gasteiger partial charge in [-0.25, -0.2) is 0 Å². The Hall–Kier alpha value is -3.43. The number of hydrogen-bond donors (Lipinski definition) is 0. The molecule has 3 nitrogen and oxygen atoms in total. The van der Waals surface area contributed by atoms with E-state index in [1.807, 2.05) is 60.7 Å². The smallest absolute Gasteiger partial charge is 0.163 e. The van der Waals surface area contributed by atoms with E-state index in [0.717, 1.165) is 35.6 Å². The van der Waals surface area contributed by atoms with Gasteiger partial charge < -0.3 is 14.6 Å². The minimum Gasteiger partial charge on any atom is -0.546 e. The van der Waals surface area contributed by atoms with Gasteiger partial charge in [-0.15, -0.1) is 0 Å². The highest BCUT2D eigenvalue weighted by Crippen LogP contribution is 2.57. The van der Waals surface area contributed by atoms with E-state index in [4.69, 9.17) is 4.74 Å². The molecule has 5 rings (SSSR count). The molecular formula is C33H33O3-. The van der Waals surface area contributed by atoms with Crippen LogP contribution in [0.5, 0.6) is 0 Å². The van der Waals surface area contributed by atoms with Gasteiger partial charge in [0, 0.05) is 0 Å². The first-order chi connectivity index (χ1) is 17.7. The summed E-state index contributed by atoms with van der Waals surface area (Å²) in [5, 5.41) is 14.4. The second-order valence-corrected chi connectivity index (χ2v) is 9.89. The van der Waals surface area contributed by atoms with E-state index in [1.54, 1.807) is 0 Å². The lowest BCUT2D eigenvalue weighted by Gasteiger charge is -2.17. The van der Waals surface area contributed by atoms with E-state index < -0.39 is 17.7 Å². The summed E-state index contributed by atoms with van der Waals surface area (Å²) in [5.74, 6) is -1.17. The Labute approximate surface area is 213 Å². The number of fused-ring (bicyclic) bond motifs is 1. The van der Waals surface area contributed by atoms with Gasteiger partial charge in [0.05, 0.1) is 5.97 Å². The first-order valence-electron chi connectivity index (χ1n) is 13.2. The number of carbonyl (C=O) groups excluding carboxylic acids is 1. The van der Waals surface area contributed by atoms with Crippen molar-refractivity contribution in [1.29, 1.82) is 0 Å². The van der Waals surface area contributed by atoms with Crippen molar-refractivity contribution in [2.75, 3.05) is 0 Å². The highest BCUT2D eigenvalue weighted by atomic mass is 16.6. The molecule has 4 aromatic carbocycles. The van der Waals surface area contributed by atoms with Crippen LogP contribution in [-0.4, -0.2) is 5.97 Å². The van der Waals surface area contributed by atoms with Crippen LogP contribution in [0.4, 0.5) is 0 Å². The average Bonchev–Trinajstić information content (AvgIpc) is 3.68. The summed E-state index contributed by atoms with van der Waals surface area (Å²) in [4.78, 5) is 12.4. The minimum atomic E-state index is -1.42. The Morgan fingerprint density at radius 2 is 1.33 bits per heavy atom. The quantitative estimate of drug-likeness (QED) is 0.169. The SMILES string of the molecule is O=C([O-])[C@]1(c2ccc3ccccc3c2)O[C@H]1c1ccccc1CCCCCCCCc1ccccc1. The highest BCUT2D eigenvalue weighted by Gasteiger charge is 2.60. The third-order valence-corrected chi connectivity index (χ3v) is 7.44. The maximum atomic E-state index is 12.4. The number of aliphatic carboxylic acids is 1. The van der Waals surface area contributed by atoms with Crippen molar-refractivity contribution in [2.24, 2.45) is 0 Å². The van der Waals surface area contributed by atoms with Crippen LogP contribution in [0.15, 0.2) is 97.1 Å². The monoisotopic (exact) mass is 477 g/mol. The molecule has 1 aliphatic heterocycles. The van der Waals surface area contributed by atoms with Crippen LogP contribution in [0.3, 0.4) is 0 Å². The molecule has 0 saturated carbocycles. The van der Waals surface area contributed by atoms with Crippen LogP contribution in [0, 0.1) is 0 Å². The molecule has 184 valence electrons. The van der Waals surface area contributed by atoms with Crippen LogP contribution in [0.25, 0.3) is 10.8 Å². The Bertz CT molecular complexity index is 1310. The third-order valence-electron chi connectivity index (χ3n) is 7.44. The standard InChI is InChI=1S/C33H34O3/c34-32(35)33(29-23-22-26-17-10-11-20-28(26)24-29)31(36-33)30-21-13-12-19-27(30)18-9-4-2-1-3-6-14-25-15-7-5-8-16-25/h5,7-8,10-13,15-17,19-24,31H,1-4,6,9,14,18H2,(H,34,35)/p-1/t31-,33+/m0/s1. The van der Waals surface area contributed by atoms with Crippen molar-refractivity contribution >= 4 is 16.7 Å². The molecule has 36 heavy (non-hydrogen) atoms. The number of ether oxygens (including phenoxy) is 1. The van der Waals surface area contributed by atoms with Gasteiger partial charge in [0.15, 0.2) is 5.60 Å². The fraction of sp³-hybridized carbons (Fsp3) is 0.303. The van der Waals surface area contributed by atoms with Gasteiger partial charge in [0.1, 0.15) is 6.10 Å². The van der Waals surface area contributed by atoms with Gasteiger partial charge in [-0.1, -0.05) is 117 Å². The van der Waals surface area contributed by atoms with Crippen LogP contribution in [-0.2, 0) is 28.0 Å². The Kier molecular flexibility index (Phi) is 7.48. The zero-order chi connectivity index (χ0) is 24.8. The molecule has 3 heteroatoms. The Morgan fingerprint density at radius 3 is 2.11 bits per heavy atom. The Balaban J connectivity index is 1.17. The van der Waals surface area contributed by atoms with Crippen molar-refractivity contribution in [2.45, 2.75) is 63.1 Å². The van der Waals surface area contributed by atoms with Crippen LogP contribution in [0.1, 0.15) is 66.9 Å². The van der Waals surface area contributed by atoms with Gasteiger partial charge >= 0.3 is 0 Å². The number of carboxylic acids is 1. The maximum absolute atomic E-state index is 12.4. The molecule has 0 unspecified atom stereocenters. The van der Waals surface area contributed by atoms with E-state index >= 15 is 0 Å². The lowest BCUT2D eigenvalue weighted by atomic mass is 9.87. The second-order valence-electron chi connectivity index (χ2n) is 9.89. The van der Waals surface area contributed by atoms with Crippen molar-refractivity contribution in [3.63, 3.8) is 0 Å². The molecule has 0 aliphatic carbocycles. The number of carbonyl (C=O) groups is 1. The van der Waals surface area contributed by atoms with Gasteiger partial charge in [-0.2, -0.15) is 0 Å². The molecule has 1 saturated heterocycles. The summed E-state index contributed by atoms with van der Waals surface area (Å²) in [6, 6.07) is 32.5. The lowest BCUT2D eigenvalue weighted by molar-refractivity contribution is -0.313. The number of aryl methyl sites for hydroxylation is 2. The van der Waals surface area contributed by atoms with Gasteiger partial charge in [0.2, 0.25) is 0 Å². The Morgan fingerprint density at radius 1 is 0.694 bits per heavy atom. The van der Waals surface area contributed by atoms with Crippen molar-refractivity contribution in [1.82, 2.24) is 0 Å². The molecule has 0 amide bonds. The third kappa shape index (κ3) is 5.22. The van der Waals surface area contributed by atoms with E-state index in [9.17, 15) is 9.90 Å². The van der Waals surface area contributed by atoms with Crippen molar-refractivity contribution < 1.29 is 14.6 Å². The topological polar surface area (TPSA) is 52.7 Å². The van der Waals surface area contributed by atoms with Crippen molar-refractivity contribution in [3.05, 3.63) is 119 Å². The molecule has 1 fully saturated rings. The van der Waals surface area contributed by atoms with E-state index in [-0.39, 0.29) is 0 Å². The first-order valence-corrected chi connectivity index (χ1v) is 13.2. The van der Waals surface area contributed by atoms with Gasteiger partial charge in [-0.05, 0) is 64.8 Å². The molecule has 1 heterocycles. The zero-order valence-electron chi connectivity index (χ0n) is 20.7.